The van der Waals surface area contributed by atoms with Crippen LogP contribution in [0.4, 0.5) is 23.2 Å². The number of aromatic nitrogens is 3. The minimum Gasteiger partial charge on any atom is -0.322 e. The van der Waals surface area contributed by atoms with E-state index in [1.807, 2.05) is 25.9 Å². The number of amides is 1. The molecular formula is C32H30F4N6O. The quantitative estimate of drug-likeness (QED) is 0.222. The number of carbonyl (C=O) groups is 1. The van der Waals surface area contributed by atoms with E-state index in [1.54, 1.807) is 30.3 Å². The van der Waals surface area contributed by atoms with E-state index in [9.17, 15) is 22.4 Å². The first-order valence-electron chi connectivity index (χ1n) is 13.7. The van der Waals surface area contributed by atoms with Crippen molar-refractivity contribution in [3.05, 3.63) is 100 Å². The number of aryl methyl sites for hydroxylation is 1. The zero-order valence-corrected chi connectivity index (χ0v) is 23.9. The average Bonchev–Trinajstić information content (AvgIpc) is 3.62. The van der Waals surface area contributed by atoms with Crippen molar-refractivity contribution in [2.24, 2.45) is 0 Å². The number of halogens is 4. The monoisotopic (exact) mass is 590 g/mol. The van der Waals surface area contributed by atoms with Gasteiger partial charge in [0.15, 0.2) is 5.82 Å². The van der Waals surface area contributed by atoms with Crippen molar-refractivity contribution in [2.75, 3.05) is 32.5 Å². The van der Waals surface area contributed by atoms with Crippen molar-refractivity contribution in [3.63, 3.8) is 0 Å². The number of rotatable bonds is 6. The Morgan fingerprint density at radius 3 is 2.56 bits per heavy atom. The molecule has 1 unspecified atom stereocenters. The molecule has 4 aromatic rings. The highest BCUT2D eigenvalue weighted by molar-refractivity contribution is 6.04. The molecule has 0 radical (unpaired) electrons. The number of nitrogens with one attached hydrogen (secondary N) is 2. The van der Waals surface area contributed by atoms with Crippen LogP contribution < -0.4 is 5.32 Å². The van der Waals surface area contributed by atoms with Gasteiger partial charge >= 0.3 is 6.18 Å². The number of anilines is 1. The molecule has 3 heterocycles. The van der Waals surface area contributed by atoms with Crippen molar-refractivity contribution < 1.29 is 22.4 Å². The normalized spacial score (nSPS) is 15.4. The molecule has 2 aromatic carbocycles. The molecule has 43 heavy (non-hydrogen) atoms. The Hall–Kier alpha value is -4.53. The summed E-state index contributed by atoms with van der Waals surface area (Å²) in [5.74, 6) is 5.20. The Kier molecular flexibility index (Phi) is 8.62. The maximum absolute atomic E-state index is 14.0. The SMILES string of the molecule is Cc1ccc(C(=O)Nc2ccc(CN3CCC(N(C)C)C3)c(C(F)(F)F)c2)cc1C#Cc1ccc(-c2ncc(F)[nH]2)nc1. The van der Waals surface area contributed by atoms with Crippen LogP contribution in [0.15, 0.2) is 60.9 Å². The van der Waals surface area contributed by atoms with Crippen molar-refractivity contribution in [1.29, 1.82) is 0 Å². The summed E-state index contributed by atoms with van der Waals surface area (Å²) in [4.78, 5) is 27.8. The molecule has 11 heteroatoms. The fourth-order valence-electron chi connectivity index (χ4n) is 4.95. The van der Waals surface area contributed by atoms with Gasteiger partial charge in [-0.05, 0) is 75.0 Å². The number of likely N-dealkylation sites (N-methyl/N-ethyl adjacent to an activating group) is 1. The van der Waals surface area contributed by atoms with Crippen LogP contribution in [0.25, 0.3) is 11.5 Å². The van der Waals surface area contributed by atoms with E-state index in [-0.39, 0.29) is 23.4 Å². The number of pyridine rings is 1. The van der Waals surface area contributed by atoms with E-state index in [4.69, 9.17) is 0 Å². The number of carbonyl (C=O) groups excluding carboxylic acids is 1. The van der Waals surface area contributed by atoms with Crippen LogP contribution in [0.1, 0.15) is 44.6 Å². The van der Waals surface area contributed by atoms with Crippen molar-refractivity contribution in [3.8, 4) is 23.4 Å². The topological polar surface area (TPSA) is 77.2 Å². The summed E-state index contributed by atoms with van der Waals surface area (Å²) in [5, 5.41) is 2.60. The number of imidazole rings is 1. The molecule has 2 N–H and O–H groups in total. The molecule has 1 fully saturated rings. The van der Waals surface area contributed by atoms with E-state index in [0.717, 1.165) is 30.8 Å². The molecule has 0 saturated carbocycles. The summed E-state index contributed by atoms with van der Waals surface area (Å²) >= 11 is 0. The van der Waals surface area contributed by atoms with Crippen molar-refractivity contribution in [2.45, 2.75) is 32.1 Å². The average molecular weight is 591 g/mol. The molecule has 0 bridgehead atoms. The van der Waals surface area contributed by atoms with Crippen LogP contribution >= 0.6 is 0 Å². The number of likely N-dealkylation sites (tertiary alicyclic amines) is 1. The number of hydrogen-bond donors (Lipinski definition) is 2. The molecule has 0 spiro atoms. The van der Waals surface area contributed by atoms with Gasteiger partial charge in [0.2, 0.25) is 5.95 Å². The number of benzene rings is 2. The predicted octanol–water partition coefficient (Wildman–Crippen LogP) is 5.73. The minimum atomic E-state index is -4.56. The first kappa shape index (κ1) is 29.9. The van der Waals surface area contributed by atoms with Crippen molar-refractivity contribution in [1.82, 2.24) is 24.8 Å². The van der Waals surface area contributed by atoms with Crippen LogP contribution in [0.5, 0.6) is 0 Å². The zero-order valence-electron chi connectivity index (χ0n) is 23.9. The van der Waals surface area contributed by atoms with E-state index in [0.29, 0.717) is 35.2 Å². The number of nitrogens with zero attached hydrogens (tertiary/aromatic N) is 4. The molecule has 1 aliphatic heterocycles. The lowest BCUT2D eigenvalue weighted by atomic mass is 10.0. The van der Waals surface area contributed by atoms with Gasteiger partial charge in [-0.15, -0.1) is 0 Å². The van der Waals surface area contributed by atoms with Gasteiger partial charge in [-0.3, -0.25) is 14.7 Å². The summed E-state index contributed by atoms with van der Waals surface area (Å²) < 4.78 is 55.2. The lowest BCUT2D eigenvalue weighted by Gasteiger charge is -2.22. The summed E-state index contributed by atoms with van der Waals surface area (Å²) in [5.41, 5.74) is 2.19. The minimum absolute atomic E-state index is 0.0597. The smallest absolute Gasteiger partial charge is 0.322 e. The van der Waals surface area contributed by atoms with Gasteiger partial charge in [-0.25, -0.2) is 4.98 Å². The van der Waals surface area contributed by atoms with Crippen LogP contribution in [-0.2, 0) is 12.7 Å². The third-order valence-corrected chi connectivity index (χ3v) is 7.44. The third-order valence-electron chi connectivity index (χ3n) is 7.44. The van der Waals surface area contributed by atoms with Gasteiger partial charge in [-0.1, -0.05) is 24.0 Å². The highest BCUT2D eigenvalue weighted by Crippen LogP contribution is 2.35. The van der Waals surface area contributed by atoms with Crippen LogP contribution in [0.2, 0.25) is 0 Å². The molecule has 1 amide bonds. The molecule has 222 valence electrons. The van der Waals surface area contributed by atoms with Crippen LogP contribution in [0, 0.1) is 24.7 Å². The third kappa shape index (κ3) is 7.28. The highest BCUT2D eigenvalue weighted by Gasteiger charge is 2.35. The Labute approximate surface area is 247 Å². The van der Waals surface area contributed by atoms with E-state index < -0.39 is 23.6 Å². The van der Waals surface area contributed by atoms with Gasteiger partial charge in [0.25, 0.3) is 5.91 Å². The highest BCUT2D eigenvalue weighted by atomic mass is 19.4. The predicted molar refractivity (Wildman–Crippen MR) is 156 cm³/mol. The Morgan fingerprint density at radius 1 is 1.09 bits per heavy atom. The second-order valence-corrected chi connectivity index (χ2v) is 10.8. The molecule has 5 rings (SSSR count). The second kappa shape index (κ2) is 12.4. The summed E-state index contributed by atoms with van der Waals surface area (Å²) in [6.07, 6.45) is -1.06. The standard InChI is InChI=1S/C32H30F4N6O/c1-20-4-7-23(14-22(20)8-5-21-6-11-28(37-16-21)30-38-17-29(33)40-30)31(43)39-25-10-9-24(27(15-25)32(34,35)36)18-42-13-12-26(19-42)41(2)3/h4,6-7,9-11,14-17,26H,12-13,18-19H2,1-3H3,(H,38,40)(H,39,43). The lowest BCUT2D eigenvalue weighted by Crippen LogP contribution is -2.31. The van der Waals surface area contributed by atoms with Gasteiger partial charge < -0.3 is 15.2 Å². The number of aromatic amines is 1. The summed E-state index contributed by atoms with van der Waals surface area (Å²) in [7, 11) is 3.95. The zero-order chi connectivity index (χ0) is 30.7. The lowest BCUT2D eigenvalue weighted by molar-refractivity contribution is -0.138. The summed E-state index contributed by atoms with van der Waals surface area (Å²) in [6, 6.07) is 12.6. The first-order chi connectivity index (χ1) is 20.5. The maximum atomic E-state index is 14.0. The second-order valence-electron chi connectivity index (χ2n) is 10.8. The molecule has 1 aliphatic rings. The largest absolute Gasteiger partial charge is 0.416 e. The van der Waals surface area contributed by atoms with Crippen molar-refractivity contribution >= 4 is 11.6 Å². The van der Waals surface area contributed by atoms with E-state index >= 15 is 0 Å². The van der Waals surface area contributed by atoms with Gasteiger partial charge in [-0.2, -0.15) is 17.6 Å². The molecule has 1 atom stereocenters. The Balaban J connectivity index is 1.30. The van der Waals surface area contributed by atoms with Gasteiger partial charge in [0.05, 0.1) is 11.8 Å². The molecule has 1 saturated heterocycles. The van der Waals surface area contributed by atoms with Crippen LogP contribution in [-0.4, -0.2) is 63.9 Å². The Bertz CT molecular complexity index is 1680. The number of H-pyrrole nitrogens is 1. The fraction of sp³-hybridized carbons (Fsp3) is 0.281. The van der Waals surface area contributed by atoms with Gasteiger partial charge in [0.1, 0.15) is 5.69 Å². The number of alkyl halides is 3. The first-order valence-corrected chi connectivity index (χ1v) is 13.7. The maximum Gasteiger partial charge on any atom is 0.416 e. The summed E-state index contributed by atoms with van der Waals surface area (Å²) in [6.45, 7) is 3.46. The Morgan fingerprint density at radius 2 is 1.91 bits per heavy atom. The molecule has 7 nitrogen and oxygen atoms in total. The molecule has 2 aromatic heterocycles. The van der Waals surface area contributed by atoms with E-state index in [2.05, 4.69) is 37.0 Å². The number of hydrogen-bond acceptors (Lipinski definition) is 5. The van der Waals surface area contributed by atoms with Crippen LogP contribution in [0.3, 0.4) is 0 Å². The molecular weight excluding hydrogens is 560 g/mol. The van der Waals surface area contributed by atoms with E-state index in [1.165, 1.54) is 18.3 Å². The fourth-order valence-corrected chi connectivity index (χ4v) is 4.95. The molecule has 0 aliphatic carbocycles. The van der Waals surface area contributed by atoms with Gasteiger partial charge in [0, 0.05) is 54.3 Å².